The molecule has 3 rings (SSSR count). The van der Waals surface area contributed by atoms with E-state index in [0.29, 0.717) is 18.5 Å². The van der Waals surface area contributed by atoms with Gasteiger partial charge >= 0.3 is 0 Å². The van der Waals surface area contributed by atoms with Crippen LogP contribution in [0.1, 0.15) is 29.8 Å². The normalized spacial score (nSPS) is 23.6. The summed E-state index contributed by atoms with van der Waals surface area (Å²) in [6, 6.07) is 2.52. The molecule has 2 aliphatic rings. The van der Waals surface area contributed by atoms with Crippen LogP contribution in [-0.2, 0) is 11.2 Å². The van der Waals surface area contributed by atoms with E-state index in [2.05, 4.69) is 28.2 Å². The van der Waals surface area contributed by atoms with Gasteiger partial charge in [-0.25, -0.2) is 0 Å². The molecule has 3 nitrogen and oxygen atoms in total. The van der Waals surface area contributed by atoms with E-state index in [4.69, 9.17) is 0 Å². The largest absolute Gasteiger partial charge is 0.334 e. The van der Waals surface area contributed by atoms with Crippen molar-refractivity contribution >= 4 is 29.0 Å². The van der Waals surface area contributed by atoms with Crippen molar-refractivity contribution in [2.45, 2.75) is 25.8 Å². The summed E-state index contributed by atoms with van der Waals surface area (Å²) in [7, 11) is 0. The molecule has 0 spiro atoms. The summed E-state index contributed by atoms with van der Waals surface area (Å²) in [6.07, 6.45) is 2.05. The Morgan fingerprint density at radius 1 is 1.35 bits per heavy atom. The third-order valence-electron chi connectivity index (χ3n) is 4.26. The standard InChI is InChI=1S/C15H22N2OS2/c1-2-13-12-4-8-20-14(12)3-5-17(13)15(18)11-16-6-9-19-10-7-16/h4,8,13H,2-3,5-7,9-11H2,1H3. The van der Waals surface area contributed by atoms with Crippen molar-refractivity contribution in [3.63, 3.8) is 0 Å². The zero-order valence-electron chi connectivity index (χ0n) is 12.0. The fourth-order valence-electron chi connectivity index (χ4n) is 3.18. The lowest BCUT2D eigenvalue weighted by atomic mass is 9.97. The Morgan fingerprint density at radius 2 is 2.15 bits per heavy atom. The van der Waals surface area contributed by atoms with Crippen molar-refractivity contribution in [2.24, 2.45) is 0 Å². The molecule has 110 valence electrons. The average molecular weight is 310 g/mol. The monoisotopic (exact) mass is 310 g/mol. The minimum absolute atomic E-state index is 0.302. The van der Waals surface area contributed by atoms with Crippen molar-refractivity contribution in [2.75, 3.05) is 37.7 Å². The van der Waals surface area contributed by atoms with E-state index in [0.717, 1.165) is 32.5 Å². The average Bonchev–Trinajstić information content (AvgIpc) is 2.95. The van der Waals surface area contributed by atoms with Gasteiger partial charge in [0.2, 0.25) is 5.91 Å². The Morgan fingerprint density at radius 3 is 2.90 bits per heavy atom. The molecular formula is C15H22N2OS2. The van der Waals surface area contributed by atoms with Gasteiger partial charge in [-0.15, -0.1) is 11.3 Å². The highest BCUT2D eigenvalue weighted by Crippen LogP contribution is 2.35. The first-order chi connectivity index (χ1) is 9.79. The Bertz CT molecular complexity index is 468. The second-order valence-corrected chi connectivity index (χ2v) is 7.67. The second-order valence-electron chi connectivity index (χ2n) is 5.45. The molecule has 0 N–H and O–H groups in total. The summed E-state index contributed by atoms with van der Waals surface area (Å²) in [4.78, 5) is 18.6. The lowest BCUT2D eigenvalue weighted by Gasteiger charge is -2.37. The first-order valence-electron chi connectivity index (χ1n) is 7.45. The number of hydrogen-bond acceptors (Lipinski definition) is 4. The van der Waals surface area contributed by atoms with Gasteiger partial charge in [-0.3, -0.25) is 9.69 Å². The molecule has 3 heterocycles. The topological polar surface area (TPSA) is 23.6 Å². The van der Waals surface area contributed by atoms with Gasteiger partial charge in [0, 0.05) is 36.0 Å². The lowest BCUT2D eigenvalue weighted by Crippen LogP contribution is -2.46. The summed E-state index contributed by atoms with van der Waals surface area (Å²) < 4.78 is 0. The molecule has 0 bridgehead atoms. The highest BCUT2D eigenvalue weighted by molar-refractivity contribution is 7.99. The van der Waals surface area contributed by atoms with Gasteiger partial charge in [-0.1, -0.05) is 6.92 Å². The molecule has 1 amide bonds. The van der Waals surface area contributed by atoms with E-state index in [1.54, 1.807) is 0 Å². The number of nitrogens with zero attached hydrogens (tertiary/aromatic N) is 2. The first-order valence-corrected chi connectivity index (χ1v) is 9.49. The van der Waals surface area contributed by atoms with Crippen LogP contribution < -0.4 is 0 Å². The molecule has 0 radical (unpaired) electrons. The van der Waals surface area contributed by atoms with E-state index in [1.807, 2.05) is 23.1 Å². The van der Waals surface area contributed by atoms with Crippen molar-refractivity contribution in [1.82, 2.24) is 9.80 Å². The molecule has 1 atom stereocenters. The first kappa shape index (κ1) is 14.4. The zero-order chi connectivity index (χ0) is 13.9. The molecular weight excluding hydrogens is 288 g/mol. The van der Waals surface area contributed by atoms with Gasteiger partial charge < -0.3 is 4.90 Å². The van der Waals surface area contributed by atoms with E-state index in [9.17, 15) is 4.79 Å². The summed E-state index contributed by atoms with van der Waals surface area (Å²) in [5.41, 5.74) is 1.39. The number of carbonyl (C=O) groups excluding carboxylic acids is 1. The Labute approximate surface area is 129 Å². The second kappa shape index (κ2) is 6.50. The third-order valence-corrected chi connectivity index (χ3v) is 6.20. The van der Waals surface area contributed by atoms with Gasteiger partial charge in [0.05, 0.1) is 12.6 Å². The lowest BCUT2D eigenvalue weighted by molar-refractivity contribution is -0.135. The van der Waals surface area contributed by atoms with Crippen LogP contribution in [0.25, 0.3) is 0 Å². The van der Waals surface area contributed by atoms with Crippen LogP contribution in [0.15, 0.2) is 11.4 Å². The minimum atomic E-state index is 0.302. The molecule has 1 aromatic rings. The molecule has 5 heteroatoms. The predicted molar refractivity (Wildman–Crippen MR) is 86.5 cm³/mol. The van der Waals surface area contributed by atoms with Crippen molar-refractivity contribution in [3.05, 3.63) is 21.9 Å². The summed E-state index contributed by atoms with van der Waals surface area (Å²) in [5.74, 6) is 2.65. The molecule has 1 aromatic heterocycles. The molecule has 2 aliphatic heterocycles. The SMILES string of the molecule is CCC1c2ccsc2CCN1C(=O)CN1CCSCC1. The Hall–Kier alpha value is -0.520. The van der Waals surface area contributed by atoms with Crippen LogP contribution in [0.5, 0.6) is 0 Å². The number of amides is 1. The van der Waals surface area contributed by atoms with Crippen LogP contribution in [-0.4, -0.2) is 53.4 Å². The minimum Gasteiger partial charge on any atom is -0.334 e. The summed E-state index contributed by atoms with van der Waals surface area (Å²) >= 11 is 3.84. The van der Waals surface area contributed by atoms with Gasteiger partial charge in [0.15, 0.2) is 0 Å². The van der Waals surface area contributed by atoms with E-state index in [-0.39, 0.29) is 0 Å². The van der Waals surface area contributed by atoms with E-state index in [1.165, 1.54) is 21.9 Å². The van der Waals surface area contributed by atoms with Crippen LogP contribution in [0.3, 0.4) is 0 Å². The molecule has 0 aliphatic carbocycles. The molecule has 1 saturated heterocycles. The molecule has 0 aromatic carbocycles. The Balaban J connectivity index is 1.68. The molecule has 0 saturated carbocycles. The fraction of sp³-hybridized carbons (Fsp3) is 0.667. The van der Waals surface area contributed by atoms with Crippen LogP contribution in [0.2, 0.25) is 0 Å². The predicted octanol–water partition coefficient (Wildman–Crippen LogP) is 2.63. The molecule has 1 fully saturated rings. The number of carbonyl (C=O) groups is 1. The highest BCUT2D eigenvalue weighted by atomic mass is 32.2. The van der Waals surface area contributed by atoms with Crippen molar-refractivity contribution < 1.29 is 4.79 Å². The van der Waals surface area contributed by atoms with Gasteiger partial charge in [0.1, 0.15) is 0 Å². The smallest absolute Gasteiger partial charge is 0.237 e. The maximum absolute atomic E-state index is 12.6. The van der Waals surface area contributed by atoms with Gasteiger partial charge in [0.25, 0.3) is 0 Å². The van der Waals surface area contributed by atoms with Gasteiger partial charge in [-0.2, -0.15) is 11.8 Å². The van der Waals surface area contributed by atoms with E-state index < -0.39 is 0 Å². The summed E-state index contributed by atoms with van der Waals surface area (Å²) in [5, 5.41) is 2.17. The maximum Gasteiger partial charge on any atom is 0.237 e. The number of thioether (sulfide) groups is 1. The van der Waals surface area contributed by atoms with Crippen LogP contribution >= 0.6 is 23.1 Å². The zero-order valence-corrected chi connectivity index (χ0v) is 13.6. The van der Waals surface area contributed by atoms with Crippen molar-refractivity contribution in [1.29, 1.82) is 0 Å². The summed E-state index contributed by atoms with van der Waals surface area (Å²) in [6.45, 7) is 5.81. The maximum atomic E-state index is 12.6. The number of hydrogen-bond donors (Lipinski definition) is 0. The Kier molecular flexibility index (Phi) is 4.68. The molecule has 20 heavy (non-hydrogen) atoms. The number of thiophene rings is 1. The van der Waals surface area contributed by atoms with Crippen LogP contribution in [0, 0.1) is 0 Å². The highest BCUT2D eigenvalue weighted by Gasteiger charge is 2.31. The number of fused-ring (bicyclic) bond motifs is 1. The fourth-order valence-corrected chi connectivity index (χ4v) is 5.08. The van der Waals surface area contributed by atoms with Crippen molar-refractivity contribution in [3.8, 4) is 0 Å². The quantitative estimate of drug-likeness (QED) is 0.857. The number of rotatable bonds is 3. The molecule has 1 unspecified atom stereocenters. The van der Waals surface area contributed by atoms with Crippen LogP contribution in [0.4, 0.5) is 0 Å². The third kappa shape index (κ3) is 2.90. The van der Waals surface area contributed by atoms with E-state index >= 15 is 0 Å². The van der Waals surface area contributed by atoms with Gasteiger partial charge in [-0.05, 0) is 29.9 Å².